The van der Waals surface area contributed by atoms with Crippen molar-refractivity contribution in [3.05, 3.63) is 35.9 Å². The molecule has 4 heteroatoms. The van der Waals surface area contributed by atoms with Crippen LogP contribution in [-0.2, 0) is 4.79 Å². The molecule has 19 heavy (non-hydrogen) atoms. The molecule has 1 atom stereocenters. The van der Waals surface area contributed by atoms with Crippen molar-refractivity contribution in [2.45, 2.75) is 19.9 Å². The number of methoxy groups -OCH3 is 1. The second-order valence-corrected chi connectivity index (χ2v) is 4.61. The van der Waals surface area contributed by atoms with Gasteiger partial charge in [-0.1, -0.05) is 44.2 Å². The number of rotatable bonds is 7. The molecule has 0 aliphatic rings. The van der Waals surface area contributed by atoms with E-state index >= 15 is 0 Å². The van der Waals surface area contributed by atoms with Gasteiger partial charge in [0.1, 0.15) is 11.8 Å². The molecule has 4 nitrogen and oxygen atoms in total. The summed E-state index contributed by atoms with van der Waals surface area (Å²) in [5.41, 5.74) is 0.975. The molecule has 0 bridgehead atoms. The molecule has 1 rings (SSSR count). The van der Waals surface area contributed by atoms with E-state index in [4.69, 9.17) is 9.84 Å². The fourth-order valence-corrected chi connectivity index (χ4v) is 1.79. The summed E-state index contributed by atoms with van der Waals surface area (Å²) < 4.78 is 5.23. The predicted octanol–water partition coefficient (Wildman–Crippen LogP) is 2.41. The van der Waals surface area contributed by atoms with E-state index in [0.717, 1.165) is 11.3 Å². The van der Waals surface area contributed by atoms with E-state index in [0.29, 0.717) is 6.54 Å². The first-order chi connectivity index (χ1) is 9.06. The Bertz CT molecular complexity index is 441. The average molecular weight is 263 g/mol. The van der Waals surface area contributed by atoms with E-state index in [2.05, 4.69) is 5.32 Å². The summed E-state index contributed by atoms with van der Waals surface area (Å²) in [7, 11) is 1.63. The molecule has 0 saturated carbocycles. The number of hydrogen-bond donors (Lipinski definition) is 2. The minimum absolute atomic E-state index is 0.0529. The number of benzene rings is 1. The van der Waals surface area contributed by atoms with Gasteiger partial charge >= 0.3 is 5.97 Å². The maximum atomic E-state index is 11.0. The molecule has 1 aromatic rings. The Morgan fingerprint density at radius 3 is 2.68 bits per heavy atom. The SMILES string of the molecule is COc1ccccc1/C=C/CN[C@@H](C(=O)O)C(C)C. The zero-order chi connectivity index (χ0) is 14.3. The molecule has 104 valence electrons. The van der Waals surface area contributed by atoms with Gasteiger partial charge in [-0.2, -0.15) is 0 Å². The Hall–Kier alpha value is -1.81. The third-order valence-corrected chi connectivity index (χ3v) is 2.82. The molecule has 0 spiro atoms. The van der Waals surface area contributed by atoms with E-state index in [1.54, 1.807) is 7.11 Å². The minimum atomic E-state index is -0.819. The van der Waals surface area contributed by atoms with Crippen molar-refractivity contribution in [1.29, 1.82) is 0 Å². The first-order valence-corrected chi connectivity index (χ1v) is 6.32. The number of carbonyl (C=O) groups is 1. The van der Waals surface area contributed by atoms with Crippen molar-refractivity contribution in [1.82, 2.24) is 5.32 Å². The maximum Gasteiger partial charge on any atom is 0.320 e. The molecule has 0 aromatic heterocycles. The molecule has 0 amide bonds. The number of nitrogens with one attached hydrogen (secondary N) is 1. The summed E-state index contributed by atoms with van der Waals surface area (Å²) in [6.45, 7) is 4.28. The molecular weight excluding hydrogens is 242 g/mol. The number of hydrogen-bond acceptors (Lipinski definition) is 3. The van der Waals surface area contributed by atoms with Gasteiger partial charge < -0.3 is 15.2 Å². The number of aliphatic carboxylic acids is 1. The summed E-state index contributed by atoms with van der Waals surface area (Å²) in [5, 5.41) is 12.0. The van der Waals surface area contributed by atoms with Crippen LogP contribution in [0.25, 0.3) is 6.08 Å². The highest BCUT2D eigenvalue weighted by molar-refractivity contribution is 5.73. The predicted molar refractivity (Wildman–Crippen MR) is 76.3 cm³/mol. The average Bonchev–Trinajstić information content (AvgIpc) is 2.38. The van der Waals surface area contributed by atoms with Crippen molar-refractivity contribution in [3.63, 3.8) is 0 Å². The van der Waals surface area contributed by atoms with E-state index in [-0.39, 0.29) is 5.92 Å². The zero-order valence-corrected chi connectivity index (χ0v) is 11.6. The van der Waals surface area contributed by atoms with Gasteiger partial charge in [-0.15, -0.1) is 0 Å². The largest absolute Gasteiger partial charge is 0.496 e. The molecule has 0 fully saturated rings. The highest BCUT2D eigenvalue weighted by atomic mass is 16.5. The third-order valence-electron chi connectivity index (χ3n) is 2.82. The van der Waals surface area contributed by atoms with Gasteiger partial charge in [0.15, 0.2) is 0 Å². The maximum absolute atomic E-state index is 11.0. The van der Waals surface area contributed by atoms with Gasteiger partial charge in [-0.05, 0) is 12.0 Å². The van der Waals surface area contributed by atoms with Crippen LogP contribution < -0.4 is 10.1 Å². The highest BCUT2D eigenvalue weighted by Crippen LogP contribution is 2.18. The third kappa shape index (κ3) is 4.75. The van der Waals surface area contributed by atoms with Gasteiger partial charge in [-0.25, -0.2) is 0 Å². The van der Waals surface area contributed by atoms with Crippen molar-refractivity contribution in [3.8, 4) is 5.75 Å². The smallest absolute Gasteiger partial charge is 0.320 e. The lowest BCUT2D eigenvalue weighted by Crippen LogP contribution is -2.40. The normalized spacial score (nSPS) is 12.8. The summed E-state index contributed by atoms with van der Waals surface area (Å²) in [5.74, 6) is 0.0373. The van der Waals surface area contributed by atoms with Crippen LogP contribution in [0.4, 0.5) is 0 Å². The summed E-state index contributed by atoms with van der Waals surface area (Å²) in [6, 6.07) is 7.16. The van der Waals surface area contributed by atoms with E-state index in [1.807, 2.05) is 50.3 Å². The molecule has 0 radical (unpaired) electrons. The van der Waals surface area contributed by atoms with Crippen LogP contribution in [0.15, 0.2) is 30.3 Å². The molecule has 0 heterocycles. The molecule has 2 N–H and O–H groups in total. The number of carboxylic acid groups (broad SMARTS) is 1. The Morgan fingerprint density at radius 2 is 2.11 bits per heavy atom. The van der Waals surface area contributed by atoms with Crippen LogP contribution in [0.2, 0.25) is 0 Å². The highest BCUT2D eigenvalue weighted by Gasteiger charge is 2.19. The summed E-state index contributed by atoms with van der Waals surface area (Å²) in [4.78, 5) is 11.0. The van der Waals surface area contributed by atoms with Crippen molar-refractivity contribution < 1.29 is 14.6 Å². The standard InChI is InChI=1S/C15H21NO3/c1-11(2)14(15(17)18)16-10-6-8-12-7-4-5-9-13(12)19-3/h4-9,11,14,16H,10H2,1-3H3,(H,17,18)/b8-6+/t14-/m1/s1. The van der Waals surface area contributed by atoms with Crippen LogP contribution in [0.3, 0.4) is 0 Å². The first kappa shape index (κ1) is 15.2. The zero-order valence-electron chi connectivity index (χ0n) is 11.6. The Morgan fingerprint density at radius 1 is 1.42 bits per heavy atom. The summed E-state index contributed by atoms with van der Waals surface area (Å²) in [6.07, 6.45) is 3.82. The van der Waals surface area contributed by atoms with E-state index < -0.39 is 12.0 Å². The van der Waals surface area contributed by atoms with Crippen LogP contribution in [0.5, 0.6) is 5.75 Å². The van der Waals surface area contributed by atoms with E-state index in [9.17, 15) is 4.79 Å². The molecular formula is C15H21NO3. The topological polar surface area (TPSA) is 58.6 Å². The lowest BCUT2D eigenvalue weighted by Gasteiger charge is -2.16. The van der Waals surface area contributed by atoms with E-state index in [1.165, 1.54) is 0 Å². The van der Waals surface area contributed by atoms with Crippen LogP contribution in [-0.4, -0.2) is 30.8 Å². The molecule has 1 aromatic carbocycles. The lowest BCUT2D eigenvalue weighted by molar-refractivity contribution is -0.140. The minimum Gasteiger partial charge on any atom is -0.496 e. The Kier molecular flexibility index (Phi) is 6.09. The second kappa shape index (κ2) is 7.59. The van der Waals surface area contributed by atoms with Crippen LogP contribution in [0, 0.1) is 5.92 Å². The number of para-hydroxylation sites is 1. The van der Waals surface area contributed by atoms with Gasteiger partial charge in [0.25, 0.3) is 0 Å². The fourth-order valence-electron chi connectivity index (χ4n) is 1.79. The van der Waals surface area contributed by atoms with Crippen molar-refractivity contribution >= 4 is 12.0 Å². The van der Waals surface area contributed by atoms with Crippen LogP contribution >= 0.6 is 0 Å². The summed E-state index contributed by atoms with van der Waals surface area (Å²) >= 11 is 0. The first-order valence-electron chi connectivity index (χ1n) is 6.32. The van der Waals surface area contributed by atoms with Crippen molar-refractivity contribution in [2.24, 2.45) is 5.92 Å². The quantitative estimate of drug-likeness (QED) is 0.793. The molecule has 0 unspecified atom stereocenters. The van der Waals surface area contributed by atoms with Gasteiger partial charge in [0.2, 0.25) is 0 Å². The van der Waals surface area contributed by atoms with Crippen molar-refractivity contribution in [2.75, 3.05) is 13.7 Å². The van der Waals surface area contributed by atoms with Gasteiger partial charge in [0, 0.05) is 12.1 Å². The Balaban J connectivity index is 2.56. The Labute approximate surface area is 114 Å². The molecule has 0 saturated heterocycles. The monoisotopic (exact) mass is 263 g/mol. The molecule has 0 aliphatic heterocycles. The molecule has 0 aliphatic carbocycles. The van der Waals surface area contributed by atoms with Crippen LogP contribution in [0.1, 0.15) is 19.4 Å². The second-order valence-electron chi connectivity index (χ2n) is 4.61. The van der Waals surface area contributed by atoms with Gasteiger partial charge in [-0.3, -0.25) is 4.79 Å². The fraction of sp³-hybridized carbons (Fsp3) is 0.400. The number of ether oxygens (including phenoxy) is 1. The van der Waals surface area contributed by atoms with Gasteiger partial charge in [0.05, 0.1) is 7.11 Å². The lowest BCUT2D eigenvalue weighted by atomic mass is 10.1. The number of carboxylic acids is 1.